The van der Waals surface area contributed by atoms with Crippen LogP contribution < -0.4 is 5.32 Å². The first kappa shape index (κ1) is 22.3. The van der Waals surface area contributed by atoms with Crippen LogP contribution in [-0.4, -0.2) is 41.3 Å². The second-order valence-corrected chi connectivity index (χ2v) is 9.72. The van der Waals surface area contributed by atoms with E-state index in [0.29, 0.717) is 19.6 Å². The quantitative estimate of drug-likeness (QED) is 0.591. The van der Waals surface area contributed by atoms with Crippen LogP contribution in [0.3, 0.4) is 0 Å². The number of carbonyl (C=O) groups excluding carboxylic acids is 2. The van der Waals surface area contributed by atoms with Crippen LogP contribution in [0.4, 0.5) is 0 Å². The van der Waals surface area contributed by atoms with E-state index >= 15 is 0 Å². The van der Waals surface area contributed by atoms with E-state index in [1.807, 2.05) is 47.4 Å². The lowest BCUT2D eigenvalue weighted by atomic mass is 9.90. The minimum atomic E-state index is 0.0786. The molecule has 1 saturated heterocycles. The molecule has 2 fully saturated rings. The van der Waals surface area contributed by atoms with Crippen molar-refractivity contribution in [3.8, 4) is 11.1 Å². The molecule has 3 aromatic rings. The Balaban J connectivity index is 1.14. The molecule has 1 saturated carbocycles. The lowest BCUT2D eigenvalue weighted by molar-refractivity contribution is -0.123. The molecule has 1 atom stereocenters. The summed E-state index contributed by atoms with van der Waals surface area (Å²) < 4.78 is 0. The first-order valence-electron chi connectivity index (χ1n) is 12.2. The van der Waals surface area contributed by atoms with Crippen molar-refractivity contribution >= 4 is 11.8 Å². The highest BCUT2D eigenvalue weighted by atomic mass is 16.2. The smallest absolute Gasteiger partial charge is 0.253 e. The van der Waals surface area contributed by atoms with Gasteiger partial charge in [-0.2, -0.15) is 0 Å². The summed E-state index contributed by atoms with van der Waals surface area (Å²) in [6.45, 7) is 4.12. The van der Waals surface area contributed by atoms with Crippen molar-refractivity contribution in [3.63, 3.8) is 0 Å². The third kappa shape index (κ3) is 4.74. The topological polar surface area (TPSA) is 62.3 Å². The number of rotatable bonds is 6. The molecule has 1 aliphatic carbocycles. The van der Waals surface area contributed by atoms with Crippen molar-refractivity contribution in [2.75, 3.05) is 19.6 Å². The van der Waals surface area contributed by atoms with E-state index in [9.17, 15) is 9.59 Å². The zero-order chi connectivity index (χ0) is 23.5. The fourth-order valence-corrected chi connectivity index (χ4v) is 5.25. The summed E-state index contributed by atoms with van der Waals surface area (Å²) in [6.07, 6.45) is 5.26. The molecule has 1 N–H and O–H groups in total. The number of amides is 2. The third-order valence-electron chi connectivity index (χ3n) is 7.42. The van der Waals surface area contributed by atoms with Crippen LogP contribution >= 0.6 is 0 Å². The van der Waals surface area contributed by atoms with Gasteiger partial charge in [0, 0.05) is 49.4 Å². The third-order valence-corrected chi connectivity index (χ3v) is 7.42. The van der Waals surface area contributed by atoms with Gasteiger partial charge >= 0.3 is 0 Å². The maximum absolute atomic E-state index is 13.2. The van der Waals surface area contributed by atoms with Crippen molar-refractivity contribution in [2.45, 2.75) is 32.6 Å². The summed E-state index contributed by atoms with van der Waals surface area (Å²) in [4.78, 5) is 32.2. The van der Waals surface area contributed by atoms with E-state index in [1.54, 1.807) is 6.20 Å². The Morgan fingerprint density at radius 3 is 2.50 bits per heavy atom. The highest BCUT2D eigenvalue weighted by molar-refractivity contribution is 5.95. The van der Waals surface area contributed by atoms with E-state index in [2.05, 4.69) is 41.5 Å². The van der Waals surface area contributed by atoms with Crippen LogP contribution in [-0.2, 0) is 11.2 Å². The number of nitrogens with zero attached hydrogens (tertiary/aromatic N) is 2. The summed E-state index contributed by atoms with van der Waals surface area (Å²) in [7, 11) is 0. The van der Waals surface area contributed by atoms with Crippen molar-refractivity contribution in [1.29, 1.82) is 0 Å². The fraction of sp³-hybridized carbons (Fsp3) is 0.345. The molecule has 34 heavy (non-hydrogen) atoms. The Kier molecular flexibility index (Phi) is 6.18. The first-order valence-corrected chi connectivity index (χ1v) is 12.2. The van der Waals surface area contributed by atoms with Crippen LogP contribution in [0.5, 0.6) is 0 Å². The number of likely N-dealkylation sites (tertiary alicyclic amines) is 1. The molecule has 2 aliphatic rings. The number of benzene rings is 2. The minimum Gasteiger partial charge on any atom is -0.355 e. The number of aromatic nitrogens is 1. The average Bonchev–Trinajstić information content (AvgIpc) is 3.58. The molecule has 2 amide bonds. The molecule has 1 aromatic heterocycles. The van der Waals surface area contributed by atoms with Gasteiger partial charge in [-0.25, -0.2) is 0 Å². The fourth-order valence-electron chi connectivity index (χ4n) is 5.25. The molecule has 0 bridgehead atoms. The molecule has 0 radical (unpaired) electrons. The zero-order valence-corrected chi connectivity index (χ0v) is 19.7. The second kappa shape index (κ2) is 9.41. The molecule has 174 valence electrons. The number of carbonyl (C=O) groups is 2. The van der Waals surface area contributed by atoms with Crippen LogP contribution in [0, 0.1) is 18.3 Å². The predicted molar refractivity (Wildman–Crippen MR) is 133 cm³/mol. The molecule has 0 unspecified atom stereocenters. The standard InChI is InChI=1S/C29H31N3O2/c1-21-6-4-7-22(18-21)23-8-5-9-24(19-23)28(34)32-16-12-29(13-17-32)20-26(29)27(33)31-15-11-25-10-2-3-14-30-25/h2-10,14,18-19,26H,11-13,15-17,20H2,1H3,(H,31,33)/t26-/m0/s1. The molecule has 5 nitrogen and oxygen atoms in total. The Morgan fingerprint density at radius 1 is 1.00 bits per heavy atom. The van der Waals surface area contributed by atoms with Gasteiger partial charge in [0.25, 0.3) is 5.91 Å². The van der Waals surface area contributed by atoms with E-state index in [0.717, 1.165) is 48.1 Å². The summed E-state index contributed by atoms with van der Waals surface area (Å²) in [6, 6.07) is 22.1. The SMILES string of the molecule is Cc1cccc(-c2cccc(C(=O)N3CCC4(CC3)C[C@H]4C(=O)NCCc3ccccn3)c2)c1. The summed E-state index contributed by atoms with van der Waals surface area (Å²) >= 11 is 0. The monoisotopic (exact) mass is 453 g/mol. The van der Waals surface area contributed by atoms with Crippen molar-refractivity contribution in [1.82, 2.24) is 15.2 Å². The molecule has 1 spiro atoms. The van der Waals surface area contributed by atoms with Crippen molar-refractivity contribution in [3.05, 3.63) is 89.7 Å². The van der Waals surface area contributed by atoms with Crippen molar-refractivity contribution in [2.24, 2.45) is 11.3 Å². The van der Waals surface area contributed by atoms with Gasteiger partial charge in [-0.15, -0.1) is 0 Å². The highest BCUT2D eigenvalue weighted by Gasteiger charge is 2.58. The van der Waals surface area contributed by atoms with Crippen LogP contribution in [0.2, 0.25) is 0 Å². The van der Waals surface area contributed by atoms with E-state index < -0.39 is 0 Å². The normalized spacial score (nSPS) is 18.5. The number of pyridine rings is 1. The Labute approximate surface area is 201 Å². The molecule has 2 aromatic carbocycles. The van der Waals surface area contributed by atoms with Gasteiger partial charge < -0.3 is 10.2 Å². The van der Waals surface area contributed by atoms with Gasteiger partial charge in [-0.05, 0) is 67.0 Å². The number of hydrogen-bond donors (Lipinski definition) is 1. The number of aryl methyl sites for hydroxylation is 1. The largest absolute Gasteiger partial charge is 0.355 e. The van der Waals surface area contributed by atoms with Gasteiger partial charge in [0.15, 0.2) is 0 Å². The summed E-state index contributed by atoms with van der Waals surface area (Å²) in [5.41, 5.74) is 5.20. The lowest BCUT2D eigenvalue weighted by Gasteiger charge is -2.33. The van der Waals surface area contributed by atoms with Gasteiger partial charge in [0.05, 0.1) is 0 Å². The number of piperidine rings is 1. The zero-order valence-electron chi connectivity index (χ0n) is 19.7. The molecular formula is C29H31N3O2. The van der Waals surface area contributed by atoms with Gasteiger partial charge in [0.2, 0.25) is 5.91 Å². The van der Waals surface area contributed by atoms with E-state index in [4.69, 9.17) is 0 Å². The Hall–Kier alpha value is -3.47. The average molecular weight is 454 g/mol. The van der Waals surface area contributed by atoms with Gasteiger partial charge in [0.1, 0.15) is 0 Å². The summed E-state index contributed by atoms with van der Waals surface area (Å²) in [5, 5.41) is 3.09. The van der Waals surface area contributed by atoms with Gasteiger partial charge in [-0.3, -0.25) is 14.6 Å². The maximum atomic E-state index is 13.2. The minimum absolute atomic E-state index is 0.0786. The Morgan fingerprint density at radius 2 is 1.76 bits per heavy atom. The maximum Gasteiger partial charge on any atom is 0.253 e. The second-order valence-electron chi connectivity index (χ2n) is 9.72. The van der Waals surface area contributed by atoms with Crippen LogP contribution in [0.25, 0.3) is 11.1 Å². The molecule has 2 heterocycles. The molecule has 5 heteroatoms. The van der Waals surface area contributed by atoms with E-state index in [-0.39, 0.29) is 23.1 Å². The predicted octanol–water partition coefficient (Wildman–Crippen LogP) is 4.66. The Bertz CT molecular complexity index is 1180. The van der Waals surface area contributed by atoms with Crippen molar-refractivity contribution < 1.29 is 9.59 Å². The number of nitrogens with one attached hydrogen (secondary N) is 1. The highest BCUT2D eigenvalue weighted by Crippen LogP contribution is 2.59. The van der Waals surface area contributed by atoms with Gasteiger partial charge in [-0.1, -0.05) is 48.0 Å². The molecule has 5 rings (SSSR count). The lowest BCUT2D eigenvalue weighted by Crippen LogP contribution is -2.40. The van der Waals surface area contributed by atoms with Crippen LogP contribution in [0.1, 0.15) is 40.9 Å². The van der Waals surface area contributed by atoms with E-state index in [1.165, 1.54) is 5.56 Å². The van der Waals surface area contributed by atoms with Crippen LogP contribution in [0.15, 0.2) is 72.9 Å². The summed E-state index contributed by atoms with van der Waals surface area (Å²) in [5.74, 6) is 0.320. The molecule has 1 aliphatic heterocycles. The molecular weight excluding hydrogens is 422 g/mol. The number of hydrogen-bond acceptors (Lipinski definition) is 3. The first-order chi connectivity index (χ1) is 16.5.